The number of aromatic nitrogens is 1. The lowest BCUT2D eigenvalue weighted by Gasteiger charge is -2.25. The predicted octanol–water partition coefficient (Wildman–Crippen LogP) is 7.22. The molecule has 0 spiro atoms. The normalized spacial score (nSPS) is 18.9. The number of nitrogens with zero attached hydrogens (tertiary/aromatic N) is 2. The van der Waals surface area contributed by atoms with Crippen LogP contribution in [0.2, 0.25) is 0 Å². The second kappa shape index (κ2) is 9.84. The number of benzene rings is 3. The number of carboxylic acids is 1. The van der Waals surface area contributed by atoms with Crippen LogP contribution in [0.4, 0.5) is 0 Å². The van der Waals surface area contributed by atoms with E-state index in [0.29, 0.717) is 23.4 Å². The molecule has 2 aliphatic rings. The zero-order chi connectivity index (χ0) is 27.3. The third kappa shape index (κ3) is 4.54. The Balaban J connectivity index is 1.40. The van der Waals surface area contributed by atoms with Crippen LogP contribution >= 0.6 is 0 Å². The van der Waals surface area contributed by atoms with Crippen LogP contribution in [0.15, 0.2) is 77.3 Å². The van der Waals surface area contributed by atoms with Crippen molar-refractivity contribution < 1.29 is 19.2 Å². The summed E-state index contributed by atoms with van der Waals surface area (Å²) in [4.78, 5) is 27.9. The van der Waals surface area contributed by atoms with Gasteiger partial charge < -0.3 is 14.5 Å². The number of aryl methyl sites for hydroxylation is 1. The SMILES string of the molecule is Cc1noc(-c2c(C(=O)O)ccc(-c3ccccc3)c2C2CC2)c1C1CC1C(=O)N(C)[C@H](C)c1ccccc1. The smallest absolute Gasteiger partial charge is 0.336 e. The first-order valence-corrected chi connectivity index (χ1v) is 13.6. The molecule has 0 saturated heterocycles. The molecule has 6 nitrogen and oxygen atoms in total. The highest BCUT2D eigenvalue weighted by atomic mass is 16.5. The Hall–Kier alpha value is -4.19. The summed E-state index contributed by atoms with van der Waals surface area (Å²) in [5.41, 5.74) is 6.58. The zero-order valence-corrected chi connectivity index (χ0v) is 22.4. The van der Waals surface area contributed by atoms with E-state index in [-0.39, 0.29) is 35.3 Å². The van der Waals surface area contributed by atoms with Gasteiger partial charge in [0.15, 0.2) is 5.76 Å². The molecular weight excluding hydrogens is 488 g/mol. The minimum absolute atomic E-state index is 0.0503. The molecule has 1 amide bonds. The second-order valence-electron chi connectivity index (χ2n) is 10.9. The van der Waals surface area contributed by atoms with Crippen LogP contribution in [0.1, 0.15) is 76.8 Å². The summed E-state index contributed by atoms with van der Waals surface area (Å²) >= 11 is 0. The molecule has 0 radical (unpaired) electrons. The molecule has 6 rings (SSSR count). The van der Waals surface area contributed by atoms with Crippen molar-refractivity contribution in [3.63, 3.8) is 0 Å². The third-order valence-corrected chi connectivity index (χ3v) is 8.37. The van der Waals surface area contributed by atoms with Gasteiger partial charge in [0, 0.05) is 30.0 Å². The van der Waals surface area contributed by atoms with Crippen molar-refractivity contribution in [2.45, 2.75) is 51.0 Å². The van der Waals surface area contributed by atoms with Crippen molar-refractivity contribution in [2.75, 3.05) is 7.05 Å². The molecule has 3 aromatic carbocycles. The van der Waals surface area contributed by atoms with E-state index in [4.69, 9.17) is 4.52 Å². The van der Waals surface area contributed by atoms with Crippen molar-refractivity contribution in [1.29, 1.82) is 0 Å². The van der Waals surface area contributed by atoms with Crippen LogP contribution in [0, 0.1) is 12.8 Å². The maximum absolute atomic E-state index is 13.6. The Morgan fingerprint density at radius 1 is 0.974 bits per heavy atom. The van der Waals surface area contributed by atoms with Gasteiger partial charge in [0.05, 0.1) is 17.3 Å². The molecule has 0 bridgehead atoms. The van der Waals surface area contributed by atoms with Crippen molar-refractivity contribution in [2.24, 2.45) is 5.92 Å². The van der Waals surface area contributed by atoms with Gasteiger partial charge in [0.1, 0.15) is 0 Å². The van der Waals surface area contributed by atoms with Crippen LogP contribution in [-0.4, -0.2) is 34.1 Å². The molecule has 2 saturated carbocycles. The number of hydrogen-bond donors (Lipinski definition) is 1. The number of carboxylic acid groups (broad SMARTS) is 1. The maximum Gasteiger partial charge on any atom is 0.336 e. The monoisotopic (exact) mass is 520 g/mol. The number of carbonyl (C=O) groups is 2. The van der Waals surface area contributed by atoms with Gasteiger partial charge in [0.25, 0.3) is 0 Å². The van der Waals surface area contributed by atoms with Gasteiger partial charge in [-0.3, -0.25) is 4.79 Å². The first-order valence-electron chi connectivity index (χ1n) is 13.6. The van der Waals surface area contributed by atoms with Crippen molar-refractivity contribution in [3.05, 3.63) is 101 Å². The summed E-state index contributed by atoms with van der Waals surface area (Å²) in [5.74, 6) is -0.384. The predicted molar refractivity (Wildman–Crippen MR) is 150 cm³/mol. The molecule has 198 valence electrons. The standard InChI is InChI=1S/C33H32N2O4/c1-19-28(26-18-27(26)32(36)35(3)20(2)21-10-6-4-7-11-21)31(39-34-19)30-25(33(37)38)17-16-24(29(30)23-14-15-23)22-12-8-5-9-13-22/h4-13,16-17,20,23,26-27H,14-15,18H2,1-3H3,(H,37,38)/t20-,26?,27?/m1/s1. The molecule has 2 fully saturated rings. The van der Waals surface area contributed by atoms with E-state index < -0.39 is 5.97 Å². The van der Waals surface area contributed by atoms with Gasteiger partial charge in [-0.2, -0.15) is 0 Å². The summed E-state index contributed by atoms with van der Waals surface area (Å²) < 4.78 is 5.95. The van der Waals surface area contributed by atoms with Gasteiger partial charge in [-0.15, -0.1) is 0 Å². The quantitative estimate of drug-likeness (QED) is 0.265. The van der Waals surface area contributed by atoms with Gasteiger partial charge in [-0.25, -0.2) is 4.79 Å². The van der Waals surface area contributed by atoms with Crippen LogP contribution in [0.3, 0.4) is 0 Å². The number of carbonyl (C=O) groups excluding carboxylic acids is 1. The Bertz CT molecular complexity index is 1540. The average molecular weight is 521 g/mol. The Labute approximate surface area is 228 Å². The summed E-state index contributed by atoms with van der Waals surface area (Å²) in [7, 11) is 1.85. The third-order valence-electron chi connectivity index (χ3n) is 8.37. The zero-order valence-electron chi connectivity index (χ0n) is 22.4. The van der Waals surface area contributed by atoms with E-state index in [1.807, 2.05) is 80.4 Å². The summed E-state index contributed by atoms with van der Waals surface area (Å²) in [5, 5.41) is 14.5. The molecule has 0 aliphatic heterocycles. The Morgan fingerprint density at radius 3 is 2.28 bits per heavy atom. The van der Waals surface area contributed by atoms with Crippen LogP contribution in [0.25, 0.3) is 22.5 Å². The largest absolute Gasteiger partial charge is 0.478 e. The van der Waals surface area contributed by atoms with Crippen LogP contribution in [-0.2, 0) is 4.79 Å². The number of hydrogen-bond acceptors (Lipinski definition) is 4. The number of rotatable bonds is 8. The summed E-state index contributed by atoms with van der Waals surface area (Å²) in [6.45, 7) is 3.92. The molecule has 2 unspecified atom stereocenters. The lowest BCUT2D eigenvalue weighted by molar-refractivity contribution is -0.133. The molecular formula is C33H32N2O4. The first-order chi connectivity index (χ1) is 18.9. The molecule has 39 heavy (non-hydrogen) atoms. The van der Waals surface area contributed by atoms with Crippen LogP contribution < -0.4 is 0 Å². The highest BCUT2D eigenvalue weighted by Gasteiger charge is 2.49. The molecule has 2 aliphatic carbocycles. The lowest BCUT2D eigenvalue weighted by Crippen LogP contribution is -2.31. The second-order valence-corrected chi connectivity index (χ2v) is 10.9. The first kappa shape index (κ1) is 25.1. The average Bonchev–Trinajstić information content (AvgIpc) is 3.90. The van der Waals surface area contributed by atoms with Gasteiger partial charge in [-0.05, 0) is 67.3 Å². The van der Waals surface area contributed by atoms with Gasteiger partial charge in [0.2, 0.25) is 5.91 Å². The van der Waals surface area contributed by atoms with Crippen molar-refractivity contribution in [1.82, 2.24) is 10.1 Å². The van der Waals surface area contributed by atoms with Gasteiger partial charge >= 0.3 is 5.97 Å². The Kier molecular flexibility index (Phi) is 6.34. The molecule has 6 heteroatoms. The molecule has 1 heterocycles. The minimum atomic E-state index is -0.994. The van der Waals surface area contributed by atoms with Gasteiger partial charge in [-0.1, -0.05) is 71.9 Å². The topological polar surface area (TPSA) is 83.6 Å². The Morgan fingerprint density at radius 2 is 1.64 bits per heavy atom. The molecule has 3 atom stereocenters. The van der Waals surface area contributed by atoms with E-state index in [1.54, 1.807) is 6.07 Å². The van der Waals surface area contributed by atoms with E-state index in [1.165, 1.54) is 0 Å². The minimum Gasteiger partial charge on any atom is -0.478 e. The fraction of sp³-hybridized carbons (Fsp3) is 0.303. The van der Waals surface area contributed by atoms with Crippen LogP contribution in [0.5, 0.6) is 0 Å². The number of amides is 1. The van der Waals surface area contributed by atoms with E-state index in [0.717, 1.165) is 40.7 Å². The fourth-order valence-corrected chi connectivity index (χ4v) is 5.90. The van der Waals surface area contributed by atoms with Crippen molar-refractivity contribution in [3.8, 4) is 22.5 Å². The van der Waals surface area contributed by atoms with Crippen molar-refractivity contribution >= 4 is 11.9 Å². The lowest BCUT2D eigenvalue weighted by atomic mass is 9.86. The highest BCUT2D eigenvalue weighted by Crippen LogP contribution is 2.56. The molecule has 1 N–H and O–H groups in total. The molecule has 1 aromatic heterocycles. The summed E-state index contributed by atoms with van der Waals surface area (Å²) in [6.07, 6.45) is 2.70. The van der Waals surface area contributed by atoms with E-state index in [9.17, 15) is 14.7 Å². The highest BCUT2D eigenvalue weighted by molar-refractivity contribution is 5.99. The summed E-state index contributed by atoms with van der Waals surface area (Å²) in [6, 6.07) is 23.6. The van der Waals surface area contributed by atoms with E-state index in [2.05, 4.69) is 17.3 Å². The fourth-order valence-electron chi connectivity index (χ4n) is 5.90. The molecule has 4 aromatic rings. The maximum atomic E-state index is 13.6. The number of aromatic carboxylic acids is 1. The van der Waals surface area contributed by atoms with E-state index >= 15 is 0 Å².